The van der Waals surface area contributed by atoms with Crippen LogP contribution in [0.5, 0.6) is 0 Å². The van der Waals surface area contributed by atoms with Crippen molar-refractivity contribution < 1.29 is 0 Å². The lowest BCUT2D eigenvalue weighted by molar-refractivity contribution is 1.11. The fraction of sp³-hybridized carbons (Fsp3) is 0. The third-order valence-corrected chi connectivity index (χ3v) is 10.3. The molecule has 4 nitrogen and oxygen atoms in total. The highest BCUT2D eigenvalue weighted by Gasteiger charge is 2.29. The molecule has 1 aliphatic heterocycles. The second-order valence-electron chi connectivity index (χ2n) is 13.0. The van der Waals surface area contributed by atoms with Gasteiger partial charge in [-0.2, -0.15) is 0 Å². The van der Waals surface area contributed by atoms with Gasteiger partial charge in [-0.05, 0) is 64.2 Å². The summed E-state index contributed by atoms with van der Waals surface area (Å²) in [5.41, 5.74) is 10.9. The van der Waals surface area contributed by atoms with Crippen LogP contribution in [0.4, 0.5) is 17.3 Å². The molecule has 1 aliphatic rings. The van der Waals surface area contributed by atoms with Gasteiger partial charge in [-0.3, -0.25) is 4.90 Å². The minimum atomic E-state index is 0.654. The fourth-order valence-corrected chi connectivity index (χ4v) is 8.15. The minimum Gasteiger partial charge on any atom is -0.309 e. The number of hydrogen-bond donors (Lipinski definition) is 0. The molecule has 0 spiro atoms. The Bertz CT molecular complexity index is 2990. The molecule has 50 heavy (non-hydrogen) atoms. The van der Waals surface area contributed by atoms with Crippen LogP contribution in [0.3, 0.4) is 0 Å². The quantitative estimate of drug-likeness (QED) is 0.193. The van der Waals surface area contributed by atoms with Crippen molar-refractivity contribution in [1.82, 2.24) is 14.5 Å². The molecule has 8 aromatic carbocycles. The molecule has 4 heteroatoms. The fourth-order valence-electron chi connectivity index (χ4n) is 8.15. The Balaban J connectivity index is 1.21. The summed E-state index contributed by atoms with van der Waals surface area (Å²) in [7, 11) is 0. The van der Waals surface area contributed by atoms with Crippen LogP contribution in [0, 0.1) is 0 Å². The van der Waals surface area contributed by atoms with E-state index in [4.69, 9.17) is 9.97 Å². The SMILES string of the molecule is c1ccc(-n2c3ccccc3c3ccc(-c4nc(N5c6ccc7ccccc7c6-c6cccc7cccc5c67)nc5ccccc45)cc32)cc1. The van der Waals surface area contributed by atoms with Crippen LogP contribution in [0.15, 0.2) is 170 Å². The summed E-state index contributed by atoms with van der Waals surface area (Å²) in [6.07, 6.45) is 0. The van der Waals surface area contributed by atoms with Crippen LogP contribution in [-0.4, -0.2) is 14.5 Å². The summed E-state index contributed by atoms with van der Waals surface area (Å²) in [6, 6.07) is 60.7. The van der Waals surface area contributed by atoms with Crippen LogP contribution in [0.1, 0.15) is 0 Å². The Morgan fingerprint density at radius 2 is 1.16 bits per heavy atom. The summed E-state index contributed by atoms with van der Waals surface area (Å²) >= 11 is 0. The molecule has 0 bridgehead atoms. The lowest BCUT2D eigenvalue weighted by atomic mass is 9.88. The van der Waals surface area contributed by atoms with Gasteiger partial charge in [0.1, 0.15) is 0 Å². The van der Waals surface area contributed by atoms with E-state index >= 15 is 0 Å². The molecule has 232 valence electrons. The van der Waals surface area contributed by atoms with Gasteiger partial charge in [0.2, 0.25) is 5.95 Å². The molecule has 10 aromatic rings. The Labute approximate surface area is 288 Å². The molecule has 0 saturated heterocycles. The van der Waals surface area contributed by atoms with Crippen LogP contribution in [0.2, 0.25) is 0 Å². The predicted octanol–water partition coefficient (Wildman–Crippen LogP) is 12.2. The summed E-state index contributed by atoms with van der Waals surface area (Å²) in [5.74, 6) is 0.654. The van der Waals surface area contributed by atoms with Crippen molar-refractivity contribution in [3.8, 4) is 28.1 Å². The molecule has 2 aromatic heterocycles. The average molecular weight is 637 g/mol. The van der Waals surface area contributed by atoms with Crippen molar-refractivity contribution in [2.75, 3.05) is 4.90 Å². The Morgan fingerprint density at radius 1 is 0.440 bits per heavy atom. The number of aromatic nitrogens is 3. The lowest BCUT2D eigenvalue weighted by Crippen LogP contribution is -2.18. The van der Waals surface area contributed by atoms with E-state index in [0.717, 1.165) is 44.7 Å². The van der Waals surface area contributed by atoms with Crippen molar-refractivity contribution in [1.29, 1.82) is 0 Å². The summed E-state index contributed by atoms with van der Waals surface area (Å²) < 4.78 is 2.36. The Kier molecular flexibility index (Phi) is 5.63. The summed E-state index contributed by atoms with van der Waals surface area (Å²) in [6.45, 7) is 0. The molecular formula is C46H28N4. The molecule has 3 heterocycles. The monoisotopic (exact) mass is 636 g/mol. The van der Waals surface area contributed by atoms with Crippen molar-refractivity contribution in [2.24, 2.45) is 0 Å². The molecule has 0 atom stereocenters. The molecule has 0 unspecified atom stereocenters. The van der Waals surface area contributed by atoms with Gasteiger partial charge in [0.15, 0.2) is 0 Å². The summed E-state index contributed by atoms with van der Waals surface area (Å²) in [4.78, 5) is 13.1. The lowest BCUT2D eigenvalue weighted by Gasteiger charge is -2.33. The highest BCUT2D eigenvalue weighted by molar-refractivity contribution is 6.19. The predicted molar refractivity (Wildman–Crippen MR) is 208 cm³/mol. The zero-order valence-corrected chi connectivity index (χ0v) is 27.0. The van der Waals surface area contributed by atoms with E-state index in [2.05, 4.69) is 179 Å². The van der Waals surface area contributed by atoms with Crippen LogP contribution in [-0.2, 0) is 0 Å². The number of nitrogens with zero attached hydrogens (tertiary/aromatic N) is 4. The highest BCUT2D eigenvalue weighted by Crippen LogP contribution is 2.52. The maximum atomic E-state index is 5.50. The minimum absolute atomic E-state index is 0.654. The largest absolute Gasteiger partial charge is 0.309 e. The number of benzene rings is 8. The van der Waals surface area contributed by atoms with E-state index in [0.29, 0.717) is 5.95 Å². The molecule has 11 rings (SSSR count). The number of fused-ring (bicyclic) bond motifs is 8. The zero-order chi connectivity index (χ0) is 32.8. The number of anilines is 3. The third-order valence-electron chi connectivity index (χ3n) is 10.3. The molecule has 0 aliphatic carbocycles. The van der Waals surface area contributed by atoms with Gasteiger partial charge in [-0.1, -0.05) is 127 Å². The second-order valence-corrected chi connectivity index (χ2v) is 13.0. The van der Waals surface area contributed by atoms with Gasteiger partial charge < -0.3 is 4.57 Å². The van der Waals surface area contributed by atoms with E-state index in [9.17, 15) is 0 Å². The molecule has 0 N–H and O–H groups in total. The van der Waals surface area contributed by atoms with Gasteiger partial charge >= 0.3 is 0 Å². The van der Waals surface area contributed by atoms with E-state index < -0.39 is 0 Å². The van der Waals surface area contributed by atoms with Gasteiger partial charge in [0, 0.05) is 38.4 Å². The molecule has 0 radical (unpaired) electrons. The Morgan fingerprint density at radius 3 is 2.06 bits per heavy atom. The van der Waals surface area contributed by atoms with Crippen molar-refractivity contribution in [3.05, 3.63) is 170 Å². The van der Waals surface area contributed by atoms with Gasteiger partial charge in [-0.25, -0.2) is 9.97 Å². The topological polar surface area (TPSA) is 34.0 Å². The van der Waals surface area contributed by atoms with Crippen LogP contribution < -0.4 is 4.90 Å². The van der Waals surface area contributed by atoms with Crippen molar-refractivity contribution in [3.63, 3.8) is 0 Å². The first-order chi connectivity index (χ1) is 24.8. The van der Waals surface area contributed by atoms with Crippen molar-refractivity contribution >= 4 is 71.6 Å². The van der Waals surface area contributed by atoms with E-state index in [1.807, 2.05) is 0 Å². The summed E-state index contributed by atoms with van der Waals surface area (Å²) in [5, 5.41) is 8.31. The molecular weight excluding hydrogens is 609 g/mol. The number of rotatable bonds is 3. The second kappa shape index (κ2) is 10.4. The highest BCUT2D eigenvalue weighted by atomic mass is 15.3. The van der Waals surface area contributed by atoms with E-state index in [1.54, 1.807) is 0 Å². The standard InChI is InChI=1S/C46H28N4/c1-2-15-32(16-3-1)49-39-22-9-7-18-34(39)35-26-24-31(28-42(35)49)45-36-19-6-8-21-38(36)47-46(48-45)50-40-23-11-14-30-13-10-20-37(43(30)40)44-33-17-5-4-12-29(33)25-27-41(44)50/h1-28H. The smallest absolute Gasteiger partial charge is 0.235 e. The molecule has 0 saturated carbocycles. The van der Waals surface area contributed by atoms with Gasteiger partial charge in [0.25, 0.3) is 0 Å². The van der Waals surface area contributed by atoms with Gasteiger partial charge in [0.05, 0.1) is 33.6 Å². The number of para-hydroxylation sites is 3. The maximum Gasteiger partial charge on any atom is 0.235 e. The first-order valence-corrected chi connectivity index (χ1v) is 17.0. The van der Waals surface area contributed by atoms with Crippen LogP contribution >= 0.6 is 0 Å². The molecule has 0 fully saturated rings. The maximum absolute atomic E-state index is 5.50. The first kappa shape index (κ1) is 27.2. The zero-order valence-electron chi connectivity index (χ0n) is 27.0. The number of hydrogen-bond acceptors (Lipinski definition) is 3. The van der Waals surface area contributed by atoms with Crippen molar-refractivity contribution in [2.45, 2.75) is 0 Å². The van der Waals surface area contributed by atoms with E-state index in [1.165, 1.54) is 49.0 Å². The van der Waals surface area contributed by atoms with E-state index in [-0.39, 0.29) is 0 Å². The van der Waals surface area contributed by atoms with Gasteiger partial charge in [-0.15, -0.1) is 0 Å². The third kappa shape index (κ3) is 3.81. The normalized spacial score (nSPS) is 12.4. The molecule has 0 amide bonds. The first-order valence-electron chi connectivity index (χ1n) is 17.0. The average Bonchev–Trinajstić information content (AvgIpc) is 3.51. The van der Waals surface area contributed by atoms with Crippen LogP contribution in [0.25, 0.3) is 82.3 Å². The Hall–Kier alpha value is -6.78.